The van der Waals surface area contributed by atoms with Gasteiger partial charge in [-0.05, 0) is 34.6 Å². The summed E-state index contributed by atoms with van der Waals surface area (Å²) in [7, 11) is 0. The van der Waals surface area contributed by atoms with Crippen molar-refractivity contribution in [2.45, 2.75) is 65.2 Å². The predicted octanol–water partition coefficient (Wildman–Crippen LogP) is 3.16. The minimum absolute atomic E-state index is 0. The van der Waals surface area contributed by atoms with Crippen LogP contribution in [0.15, 0.2) is 0 Å². The molecule has 2 rings (SSSR count). The number of amides is 1. The highest BCUT2D eigenvalue weighted by Crippen LogP contribution is 2.16. The van der Waals surface area contributed by atoms with Gasteiger partial charge in [-0.15, -0.1) is 12.4 Å². The van der Waals surface area contributed by atoms with Gasteiger partial charge < -0.3 is 15.0 Å². The summed E-state index contributed by atoms with van der Waals surface area (Å²) in [5.41, 5.74) is -0.531. The topological polar surface area (TPSA) is 48.0 Å². The van der Waals surface area contributed by atoms with Crippen LogP contribution in [0.1, 0.15) is 34.6 Å². The third-order valence-corrected chi connectivity index (χ3v) is 4.58. The molecule has 0 aromatic rings. The lowest BCUT2D eigenvalue weighted by atomic mass is 10.2. The van der Waals surface area contributed by atoms with Crippen molar-refractivity contribution in [2.24, 2.45) is 0 Å². The number of hydrogen-bond donors (Lipinski definition) is 1. The summed E-state index contributed by atoms with van der Waals surface area (Å²) < 4.78 is 53.6. The van der Waals surface area contributed by atoms with Gasteiger partial charge >= 0.3 is 6.09 Å². The summed E-state index contributed by atoms with van der Waals surface area (Å²) in [5, 5.41) is 3.20. The quantitative estimate of drug-likeness (QED) is 0.648. The third-order valence-electron chi connectivity index (χ3n) is 4.58. The fourth-order valence-electron chi connectivity index (χ4n) is 3.36. The average molecular weight is 465 g/mol. The molecule has 2 aliphatic rings. The van der Waals surface area contributed by atoms with E-state index in [0.29, 0.717) is 25.7 Å². The zero-order chi connectivity index (χ0) is 22.2. The van der Waals surface area contributed by atoms with E-state index >= 15 is 0 Å². The Morgan fingerprint density at radius 1 is 1.00 bits per heavy atom. The number of nitrogens with one attached hydrogen (secondary N) is 1. The molecule has 6 nitrogen and oxygen atoms in total. The maximum absolute atomic E-state index is 12.3. The monoisotopic (exact) mass is 464 g/mol. The number of carbonyl (C=O) groups excluding carboxylic acids is 1. The molecule has 2 saturated heterocycles. The van der Waals surface area contributed by atoms with Gasteiger partial charge in [-0.3, -0.25) is 9.80 Å². The van der Waals surface area contributed by atoms with Crippen LogP contribution in [0.5, 0.6) is 0 Å². The Kier molecular flexibility index (Phi) is 13.2. The second kappa shape index (κ2) is 13.5. The Labute approximate surface area is 183 Å². The Bertz CT molecular complexity index is 496. The second-order valence-corrected chi connectivity index (χ2v) is 8.68. The minimum atomic E-state index is -2.33. The van der Waals surface area contributed by atoms with Gasteiger partial charge in [0.15, 0.2) is 0 Å². The number of ether oxygens (including phenoxy) is 1. The van der Waals surface area contributed by atoms with Crippen molar-refractivity contribution in [1.82, 2.24) is 20.0 Å². The molecular formula is C19H37ClF4N4O2. The van der Waals surface area contributed by atoms with E-state index < -0.39 is 18.5 Å². The fourth-order valence-corrected chi connectivity index (χ4v) is 3.36. The van der Waals surface area contributed by atoms with E-state index in [9.17, 15) is 22.4 Å². The first-order valence-electron chi connectivity index (χ1n) is 10.1. The van der Waals surface area contributed by atoms with Crippen LogP contribution in [-0.4, -0.2) is 104 Å². The zero-order valence-electron chi connectivity index (χ0n) is 18.5. The molecule has 1 N–H and O–H groups in total. The SMILES string of the molecule is C[C@@H]1CN(CC(F)F)CCN1.C[C@@H]1CN(CC(F)F)CCN1C(=O)OC(C)(C)C.Cl. The molecule has 2 aliphatic heterocycles. The maximum Gasteiger partial charge on any atom is 0.410 e. The molecule has 30 heavy (non-hydrogen) atoms. The van der Waals surface area contributed by atoms with Gasteiger partial charge in [-0.25, -0.2) is 22.4 Å². The lowest BCUT2D eigenvalue weighted by Crippen LogP contribution is -2.55. The molecule has 0 spiro atoms. The van der Waals surface area contributed by atoms with Crippen LogP contribution in [0.2, 0.25) is 0 Å². The van der Waals surface area contributed by atoms with Gasteiger partial charge in [0.05, 0.1) is 13.1 Å². The standard InChI is InChI=1S/C12H22F2N2O2.C7H14F2N2.ClH/c1-9-7-15(8-10(13)14)5-6-16(9)11(17)18-12(2,3)4;1-6-4-11(3-2-10-6)5-7(8)9;/h9-10H,5-8H2,1-4H3;6-7,10H,2-5H2,1H3;1H/t9-;6-;/m11./s1. The highest BCUT2D eigenvalue weighted by atomic mass is 35.5. The minimum Gasteiger partial charge on any atom is -0.444 e. The Morgan fingerprint density at radius 3 is 1.97 bits per heavy atom. The first-order valence-corrected chi connectivity index (χ1v) is 10.1. The number of halogens is 5. The number of nitrogens with zero attached hydrogens (tertiary/aromatic N) is 3. The second-order valence-electron chi connectivity index (χ2n) is 8.68. The van der Waals surface area contributed by atoms with E-state index in [0.717, 1.165) is 19.6 Å². The Balaban J connectivity index is 0.000000603. The first kappa shape index (κ1) is 29.2. The van der Waals surface area contributed by atoms with Crippen molar-refractivity contribution in [3.8, 4) is 0 Å². The molecule has 2 fully saturated rings. The summed E-state index contributed by atoms with van der Waals surface area (Å²) in [4.78, 5) is 17.0. The summed E-state index contributed by atoms with van der Waals surface area (Å²) >= 11 is 0. The van der Waals surface area contributed by atoms with Crippen molar-refractivity contribution >= 4 is 18.5 Å². The molecule has 0 aliphatic carbocycles. The average Bonchev–Trinajstić information content (AvgIpc) is 2.52. The smallest absolute Gasteiger partial charge is 0.410 e. The van der Waals surface area contributed by atoms with Gasteiger partial charge in [-0.2, -0.15) is 0 Å². The van der Waals surface area contributed by atoms with Crippen LogP contribution < -0.4 is 5.32 Å². The Morgan fingerprint density at radius 2 is 1.53 bits per heavy atom. The molecule has 0 aromatic carbocycles. The summed E-state index contributed by atoms with van der Waals surface area (Å²) in [6.45, 7) is 12.7. The van der Waals surface area contributed by atoms with Crippen molar-refractivity contribution in [3.05, 3.63) is 0 Å². The van der Waals surface area contributed by atoms with Crippen molar-refractivity contribution in [1.29, 1.82) is 0 Å². The summed E-state index contributed by atoms with van der Waals surface area (Å²) in [6.07, 6.45) is -4.89. The molecule has 0 unspecified atom stereocenters. The van der Waals surface area contributed by atoms with Crippen LogP contribution >= 0.6 is 12.4 Å². The van der Waals surface area contributed by atoms with Gasteiger partial charge in [0, 0.05) is 51.4 Å². The highest BCUT2D eigenvalue weighted by Gasteiger charge is 2.31. The van der Waals surface area contributed by atoms with E-state index in [1.807, 2.05) is 34.6 Å². The normalized spacial score (nSPS) is 23.6. The zero-order valence-corrected chi connectivity index (χ0v) is 19.4. The van der Waals surface area contributed by atoms with E-state index in [1.165, 1.54) is 0 Å². The molecule has 0 aromatic heterocycles. The molecule has 0 radical (unpaired) electrons. The maximum atomic E-state index is 12.3. The summed E-state index contributed by atoms with van der Waals surface area (Å²) in [6, 6.07) is 0.245. The van der Waals surface area contributed by atoms with Crippen LogP contribution in [-0.2, 0) is 4.74 Å². The van der Waals surface area contributed by atoms with E-state index in [2.05, 4.69) is 5.32 Å². The van der Waals surface area contributed by atoms with Gasteiger partial charge in [0.1, 0.15) is 5.60 Å². The number of rotatable bonds is 4. The van der Waals surface area contributed by atoms with Gasteiger partial charge in [0.25, 0.3) is 12.9 Å². The summed E-state index contributed by atoms with van der Waals surface area (Å²) in [5.74, 6) is 0. The van der Waals surface area contributed by atoms with E-state index in [1.54, 1.807) is 14.7 Å². The number of hydrogen-bond acceptors (Lipinski definition) is 5. The number of alkyl halides is 4. The van der Waals surface area contributed by atoms with Crippen LogP contribution in [0.3, 0.4) is 0 Å². The molecule has 2 heterocycles. The third kappa shape index (κ3) is 12.1. The largest absolute Gasteiger partial charge is 0.444 e. The molecular weight excluding hydrogens is 428 g/mol. The fraction of sp³-hybridized carbons (Fsp3) is 0.947. The predicted molar refractivity (Wildman–Crippen MR) is 112 cm³/mol. The van der Waals surface area contributed by atoms with Crippen LogP contribution in [0.25, 0.3) is 0 Å². The number of piperazine rings is 2. The molecule has 0 saturated carbocycles. The molecule has 2 atom stereocenters. The first-order chi connectivity index (χ1) is 13.4. The van der Waals surface area contributed by atoms with Gasteiger partial charge in [0.2, 0.25) is 0 Å². The van der Waals surface area contributed by atoms with Crippen molar-refractivity contribution in [2.75, 3.05) is 52.4 Å². The Hall–Kier alpha value is -0.840. The van der Waals surface area contributed by atoms with Crippen LogP contribution in [0, 0.1) is 0 Å². The molecule has 180 valence electrons. The van der Waals surface area contributed by atoms with Crippen molar-refractivity contribution in [3.63, 3.8) is 0 Å². The van der Waals surface area contributed by atoms with Gasteiger partial charge in [-0.1, -0.05) is 0 Å². The molecule has 0 bridgehead atoms. The lowest BCUT2D eigenvalue weighted by molar-refractivity contribution is -0.00656. The number of carbonyl (C=O) groups is 1. The van der Waals surface area contributed by atoms with Crippen molar-refractivity contribution < 1.29 is 27.1 Å². The van der Waals surface area contributed by atoms with E-state index in [4.69, 9.17) is 4.74 Å². The molecule has 1 amide bonds. The van der Waals surface area contributed by atoms with Crippen LogP contribution in [0.4, 0.5) is 22.4 Å². The van der Waals surface area contributed by atoms with E-state index in [-0.39, 0.29) is 37.6 Å². The molecule has 11 heteroatoms. The highest BCUT2D eigenvalue weighted by molar-refractivity contribution is 5.85. The lowest BCUT2D eigenvalue weighted by Gasteiger charge is -2.40.